The van der Waals surface area contributed by atoms with E-state index in [9.17, 15) is 14.4 Å². The Morgan fingerprint density at radius 3 is 1.95 bits per heavy atom. The predicted molar refractivity (Wildman–Crippen MR) is 65.9 cm³/mol. The molecule has 0 bridgehead atoms. The van der Waals surface area contributed by atoms with Crippen LogP contribution in [0.3, 0.4) is 0 Å². The first-order valence-electron chi connectivity index (χ1n) is 4.81. The van der Waals surface area contributed by atoms with E-state index < -0.39 is 18.0 Å². The van der Waals surface area contributed by atoms with Crippen LogP contribution in [0.2, 0.25) is 0 Å². The maximum atomic E-state index is 11.0. The molecule has 0 aliphatic heterocycles. The number of amides is 4. The number of aromatic carboxylic acids is 1. The number of anilines is 2. The summed E-state index contributed by atoms with van der Waals surface area (Å²) in [6.07, 6.45) is 0. The van der Waals surface area contributed by atoms with E-state index in [0.717, 1.165) is 12.1 Å². The lowest BCUT2D eigenvalue weighted by Gasteiger charge is -2.20. The minimum atomic E-state index is -1.33. The highest BCUT2D eigenvalue weighted by Gasteiger charge is 2.19. The van der Waals surface area contributed by atoms with Crippen molar-refractivity contribution in [3.8, 4) is 0 Å². The van der Waals surface area contributed by atoms with Gasteiger partial charge >= 0.3 is 18.0 Å². The van der Waals surface area contributed by atoms with Crippen molar-refractivity contribution in [2.45, 2.75) is 0 Å². The number of nitrogens with two attached hydrogens (primary N) is 4. The minimum absolute atomic E-state index is 0.0456. The van der Waals surface area contributed by atoms with Crippen LogP contribution in [0.15, 0.2) is 18.2 Å². The Kier molecular flexibility index (Phi) is 3.89. The molecule has 0 spiro atoms. The van der Waals surface area contributed by atoms with E-state index in [1.165, 1.54) is 6.07 Å². The second kappa shape index (κ2) is 5.20. The summed E-state index contributed by atoms with van der Waals surface area (Å²) in [7, 11) is 0. The second-order valence-electron chi connectivity index (χ2n) is 3.42. The van der Waals surface area contributed by atoms with Gasteiger partial charge in [0.15, 0.2) is 0 Å². The summed E-state index contributed by atoms with van der Waals surface area (Å²) in [5.74, 6) is 9.35. The fourth-order valence-electron chi connectivity index (χ4n) is 1.30. The van der Waals surface area contributed by atoms with Crippen molar-refractivity contribution in [3.05, 3.63) is 23.8 Å². The first-order chi connectivity index (χ1) is 8.75. The molecule has 10 heteroatoms. The molecule has 0 radical (unpaired) electrons. The summed E-state index contributed by atoms with van der Waals surface area (Å²) in [6.45, 7) is 0. The first-order valence-corrected chi connectivity index (χ1v) is 4.81. The molecule has 0 unspecified atom stereocenters. The van der Waals surface area contributed by atoms with Gasteiger partial charge in [-0.2, -0.15) is 0 Å². The minimum Gasteiger partial charge on any atom is -0.478 e. The lowest BCUT2D eigenvalue weighted by Crippen LogP contribution is -2.44. The Morgan fingerprint density at radius 1 is 1.00 bits per heavy atom. The molecular weight excluding hydrogens is 256 g/mol. The molecule has 4 amide bonds. The maximum Gasteiger partial charge on any atom is 0.337 e. The summed E-state index contributed by atoms with van der Waals surface area (Å²) in [5, 5.41) is 9.94. The van der Waals surface area contributed by atoms with Gasteiger partial charge in [-0.25, -0.2) is 36.1 Å². The van der Waals surface area contributed by atoms with Crippen LogP contribution in [0.5, 0.6) is 0 Å². The van der Waals surface area contributed by atoms with E-state index in [-0.39, 0.29) is 16.9 Å². The molecule has 0 atom stereocenters. The topological polar surface area (TPSA) is 182 Å². The Labute approximate surface area is 107 Å². The number of hydrogen-bond acceptors (Lipinski definition) is 5. The highest BCUT2D eigenvalue weighted by Crippen LogP contribution is 2.24. The zero-order valence-corrected chi connectivity index (χ0v) is 9.61. The molecule has 0 heterocycles. The van der Waals surface area contributed by atoms with E-state index >= 15 is 0 Å². The molecule has 9 N–H and O–H groups in total. The van der Waals surface area contributed by atoms with Crippen molar-refractivity contribution < 1.29 is 19.5 Å². The first kappa shape index (κ1) is 14.2. The van der Waals surface area contributed by atoms with Gasteiger partial charge in [-0.3, -0.25) is 0 Å². The van der Waals surface area contributed by atoms with Gasteiger partial charge in [0.1, 0.15) is 0 Å². The monoisotopic (exact) mass is 268 g/mol. The lowest BCUT2D eigenvalue weighted by molar-refractivity contribution is 0.0697. The molecule has 1 rings (SSSR count). The number of rotatable bonds is 3. The smallest absolute Gasteiger partial charge is 0.337 e. The van der Waals surface area contributed by atoms with E-state index in [0.29, 0.717) is 10.0 Å². The van der Waals surface area contributed by atoms with E-state index in [2.05, 4.69) is 0 Å². The van der Waals surface area contributed by atoms with Crippen LogP contribution in [0.1, 0.15) is 10.4 Å². The molecular formula is C9H12N6O4. The summed E-state index contributed by atoms with van der Waals surface area (Å²) < 4.78 is 0. The van der Waals surface area contributed by atoms with Crippen LogP contribution in [0.25, 0.3) is 0 Å². The zero-order valence-electron chi connectivity index (χ0n) is 9.61. The number of carbonyl (C=O) groups is 3. The van der Waals surface area contributed by atoms with Crippen molar-refractivity contribution in [1.82, 2.24) is 0 Å². The van der Waals surface area contributed by atoms with E-state index in [1.807, 2.05) is 0 Å². The van der Waals surface area contributed by atoms with Crippen molar-refractivity contribution in [1.29, 1.82) is 0 Å². The van der Waals surface area contributed by atoms with Gasteiger partial charge < -0.3 is 16.6 Å². The highest BCUT2D eigenvalue weighted by atomic mass is 16.4. The fraction of sp³-hybridized carbons (Fsp3) is 0. The second-order valence-corrected chi connectivity index (χ2v) is 3.42. The van der Waals surface area contributed by atoms with Crippen LogP contribution >= 0.6 is 0 Å². The molecule has 1 aromatic rings. The fourth-order valence-corrected chi connectivity index (χ4v) is 1.30. The maximum absolute atomic E-state index is 11.0. The molecule has 0 saturated carbocycles. The summed E-state index contributed by atoms with van der Waals surface area (Å²) >= 11 is 0. The predicted octanol–water partition coefficient (Wildman–Crippen LogP) is -1.10. The van der Waals surface area contributed by atoms with Crippen molar-refractivity contribution in [3.63, 3.8) is 0 Å². The summed E-state index contributed by atoms with van der Waals surface area (Å²) in [4.78, 5) is 32.9. The third-order valence-corrected chi connectivity index (χ3v) is 2.22. The number of carbonyl (C=O) groups excluding carboxylic acids is 2. The van der Waals surface area contributed by atoms with Gasteiger partial charge in [0.05, 0.1) is 16.9 Å². The third-order valence-electron chi connectivity index (χ3n) is 2.22. The molecule has 0 fully saturated rings. The zero-order chi connectivity index (χ0) is 14.7. The van der Waals surface area contributed by atoms with Crippen LogP contribution < -0.4 is 33.2 Å². The van der Waals surface area contributed by atoms with Crippen LogP contribution in [-0.2, 0) is 0 Å². The van der Waals surface area contributed by atoms with Crippen LogP contribution in [0, 0.1) is 0 Å². The summed E-state index contributed by atoms with van der Waals surface area (Å²) in [6, 6.07) is 1.38. The number of urea groups is 2. The molecule has 0 aliphatic carbocycles. The molecule has 0 saturated heterocycles. The SMILES string of the molecule is NC(=O)N(N)c1ccc(C(=O)O)c(N(N)C(N)=O)c1. The quantitative estimate of drug-likeness (QED) is 0.263. The van der Waals surface area contributed by atoms with E-state index in [1.54, 1.807) is 0 Å². The van der Waals surface area contributed by atoms with Gasteiger partial charge in [0.2, 0.25) is 0 Å². The number of hydrazine groups is 2. The molecule has 19 heavy (non-hydrogen) atoms. The number of carboxylic acids is 1. The average molecular weight is 268 g/mol. The van der Waals surface area contributed by atoms with Gasteiger partial charge in [0.25, 0.3) is 0 Å². The van der Waals surface area contributed by atoms with Gasteiger partial charge in [-0.1, -0.05) is 0 Å². The van der Waals surface area contributed by atoms with Gasteiger partial charge in [0, 0.05) is 0 Å². The Bertz CT molecular complexity index is 546. The third kappa shape index (κ3) is 2.88. The Hall–Kier alpha value is -2.85. The van der Waals surface area contributed by atoms with Crippen molar-refractivity contribution in [2.24, 2.45) is 23.2 Å². The molecule has 10 nitrogen and oxygen atoms in total. The van der Waals surface area contributed by atoms with Gasteiger partial charge in [-0.05, 0) is 18.2 Å². The van der Waals surface area contributed by atoms with Crippen LogP contribution in [-0.4, -0.2) is 23.1 Å². The molecule has 0 aromatic heterocycles. The molecule has 1 aromatic carbocycles. The van der Waals surface area contributed by atoms with E-state index in [4.69, 9.17) is 28.3 Å². The molecule has 102 valence electrons. The largest absolute Gasteiger partial charge is 0.478 e. The average Bonchev–Trinajstić information content (AvgIpc) is 2.35. The Morgan fingerprint density at radius 2 is 1.53 bits per heavy atom. The number of benzene rings is 1. The van der Waals surface area contributed by atoms with Crippen molar-refractivity contribution in [2.75, 3.05) is 10.0 Å². The molecule has 0 aliphatic rings. The standard InChI is InChI=1S/C9H12N6O4/c10-8(18)14(12)4-1-2-5(7(16)17)6(3-4)15(13)9(11)19/h1-3H,12-13H2,(H2,10,18)(H2,11,19)(H,16,17). The lowest BCUT2D eigenvalue weighted by atomic mass is 10.1. The van der Waals surface area contributed by atoms with Crippen LogP contribution in [0.4, 0.5) is 21.0 Å². The number of primary amides is 2. The number of hydrogen-bond donors (Lipinski definition) is 5. The van der Waals surface area contributed by atoms with Gasteiger partial charge in [-0.15, -0.1) is 0 Å². The number of nitrogens with zero attached hydrogens (tertiary/aromatic N) is 2. The normalized spacial score (nSPS) is 9.79. The Balaban J connectivity index is 3.38. The number of carboxylic acid groups (broad SMARTS) is 1. The summed E-state index contributed by atoms with van der Waals surface area (Å²) in [5.41, 5.74) is 9.45. The highest BCUT2D eigenvalue weighted by molar-refractivity contribution is 6.02. The van der Waals surface area contributed by atoms with Crippen molar-refractivity contribution >= 4 is 29.4 Å².